The van der Waals surface area contributed by atoms with E-state index in [0.29, 0.717) is 17.1 Å². The molecule has 0 heterocycles. The van der Waals surface area contributed by atoms with Crippen LogP contribution in [0.25, 0.3) is 11.1 Å². The molecular formula is C22H21O3. The number of para-hydroxylation sites is 1. The van der Waals surface area contributed by atoms with Crippen molar-refractivity contribution in [3.05, 3.63) is 72.8 Å². The van der Waals surface area contributed by atoms with Gasteiger partial charge in [0.05, 0.1) is 0 Å². The van der Waals surface area contributed by atoms with E-state index in [9.17, 15) is 5.11 Å². The van der Waals surface area contributed by atoms with Gasteiger partial charge < -0.3 is 9.47 Å². The molecular weight excluding hydrogens is 312 g/mol. The molecule has 0 amide bonds. The van der Waals surface area contributed by atoms with Gasteiger partial charge in [0.15, 0.2) is 5.75 Å². The van der Waals surface area contributed by atoms with Gasteiger partial charge in [0, 0.05) is 5.56 Å². The smallest absolute Gasteiger partial charge is 0.186 e. The summed E-state index contributed by atoms with van der Waals surface area (Å²) in [6, 6.07) is 22.0. The molecule has 0 saturated carbocycles. The van der Waals surface area contributed by atoms with E-state index in [-0.39, 0.29) is 11.4 Å². The van der Waals surface area contributed by atoms with Gasteiger partial charge in [0.25, 0.3) is 0 Å². The van der Waals surface area contributed by atoms with E-state index in [0.717, 1.165) is 11.3 Å². The zero-order chi connectivity index (χ0) is 17.9. The molecule has 3 rings (SSSR count). The molecule has 3 aromatic rings. The summed E-state index contributed by atoms with van der Waals surface area (Å²) >= 11 is 0. The molecule has 0 unspecified atom stereocenters. The van der Waals surface area contributed by atoms with Gasteiger partial charge in [-0.15, -0.1) is 0 Å². The summed E-state index contributed by atoms with van der Waals surface area (Å²) in [5.74, 6) is 2.20. The zero-order valence-corrected chi connectivity index (χ0v) is 14.7. The predicted molar refractivity (Wildman–Crippen MR) is 98.9 cm³/mol. The molecule has 1 radical (unpaired) electrons. The highest BCUT2D eigenvalue weighted by Gasteiger charge is 2.11. The van der Waals surface area contributed by atoms with Gasteiger partial charge in [-0.2, -0.15) is 0 Å². The second-order valence-electron chi connectivity index (χ2n) is 6.81. The molecule has 25 heavy (non-hydrogen) atoms. The van der Waals surface area contributed by atoms with Crippen LogP contribution in [0.1, 0.15) is 20.8 Å². The van der Waals surface area contributed by atoms with Crippen molar-refractivity contribution in [2.24, 2.45) is 0 Å². The Bertz CT molecular complexity index is 846. The fraction of sp³-hybridized carbons (Fsp3) is 0.182. The van der Waals surface area contributed by atoms with E-state index in [1.54, 1.807) is 12.1 Å². The van der Waals surface area contributed by atoms with Crippen molar-refractivity contribution in [1.29, 1.82) is 0 Å². The highest BCUT2D eigenvalue weighted by atomic mass is 16.5. The fourth-order valence-corrected chi connectivity index (χ4v) is 2.50. The first-order valence-corrected chi connectivity index (χ1v) is 8.24. The molecule has 3 aromatic carbocycles. The van der Waals surface area contributed by atoms with Gasteiger partial charge in [-0.05, 0) is 68.8 Å². The molecule has 0 atom stereocenters. The van der Waals surface area contributed by atoms with Crippen LogP contribution in [-0.2, 0) is 5.11 Å². The van der Waals surface area contributed by atoms with E-state index in [1.165, 1.54) is 0 Å². The summed E-state index contributed by atoms with van der Waals surface area (Å²) in [4.78, 5) is 0. The summed E-state index contributed by atoms with van der Waals surface area (Å²) in [5.41, 5.74) is 1.28. The third kappa shape index (κ3) is 4.54. The Morgan fingerprint density at radius 1 is 0.720 bits per heavy atom. The van der Waals surface area contributed by atoms with Crippen LogP contribution in [0, 0.1) is 0 Å². The third-order valence-corrected chi connectivity index (χ3v) is 3.52. The molecule has 0 spiro atoms. The Balaban J connectivity index is 1.78. The maximum Gasteiger partial charge on any atom is 0.186 e. The Morgan fingerprint density at radius 2 is 1.40 bits per heavy atom. The molecule has 0 aliphatic heterocycles. The van der Waals surface area contributed by atoms with Crippen LogP contribution in [0.5, 0.6) is 23.0 Å². The van der Waals surface area contributed by atoms with Crippen molar-refractivity contribution >= 4 is 0 Å². The first kappa shape index (κ1) is 16.9. The lowest BCUT2D eigenvalue weighted by Crippen LogP contribution is -2.22. The first-order valence-electron chi connectivity index (χ1n) is 8.24. The van der Waals surface area contributed by atoms with E-state index >= 15 is 0 Å². The number of hydrogen-bond acceptors (Lipinski definition) is 2. The first-order chi connectivity index (χ1) is 11.9. The predicted octanol–water partition coefficient (Wildman–Crippen LogP) is 6.47. The molecule has 0 aliphatic carbocycles. The fourth-order valence-electron chi connectivity index (χ4n) is 2.50. The third-order valence-electron chi connectivity index (χ3n) is 3.52. The highest BCUT2D eigenvalue weighted by Crippen LogP contribution is 2.33. The SMILES string of the molecule is CC(C)(C)Oc1ccc(Oc2cccc(-c3ccccc3[O])c2)cc1. The average Bonchev–Trinajstić information content (AvgIpc) is 2.56. The number of hydrogen-bond donors (Lipinski definition) is 0. The van der Waals surface area contributed by atoms with Crippen molar-refractivity contribution < 1.29 is 14.6 Å². The molecule has 127 valence electrons. The lowest BCUT2D eigenvalue weighted by molar-refractivity contribution is 0.131. The van der Waals surface area contributed by atoms with Gasteiger partial charge in [0.2, 0.25) is 0 Å². The van der Waals surface area contributed by atoms with E-state index in [2.05, 4.69) is 0 Å². The minimum absolute atomic E-state index is 0.00309. The van der Waals surface area contributed by atoms with Gasteiger partial charge in [-0.25, -0.2) is 0 Å². The summed E-state index contributed by atoms with van der Waals surface area (Å²) in [7, 11) is 0. The topological polar surface area (TPSA) is 38.4 Å². The normalized spacial score (nSPS) is 11.2. The Labute approximate surface area is 148 Å². The maximum atomic E-state index is 12.0. The van der Waals surface area contributed by atoms with Gasteiger partial charge in [-0.1, -0.05) is 30.3 Å². The largest absolute Gasteiger partial charge is 0.488 e. The molecule has 0 aromatic heterocycles. The summed E-state index contributed by atoms with van der Waals surface area (Å²) < 4.78 is 11.7. The maximum absolute atomic E-state index is 12.0. The number of ether oxygens (including phenoxy) is 2. The zero-order valence-electron chi connectivity index (χ0n) is 14.7. The van der Waals surface area contributed by atoms with Gasteiger partial charge in [0.1, 0.15) is 22.8 Å². The minimum Gasteiger partial charge on any atom is -0.488 e. The molecule has 3 heteroatoms. The lowest BCUT2D eigenvalue weighted by Gasteiger charge is -2.21. The van der Waals surface area contributed by atoms with Crippen molar-refractivity contribution in [2.75, 3.05) is 0 Å². The highest BCUT2D eigenvalue weighted by molar-refractivity contribution is 5.71. The summed E-state index contributed by atoms with van der Waals surface area (Å²) in [6.07, 6.45) is 0. The second-order valence-corrected chi connectivity index (χ2v) is 6.81. The molecule has 0 bridgehead atoms. The van der Waals surface area contributed by atoms with Gasteiger partial charge >= 0.3 is 0 Å². The van der Waals surface area contributed by atoms with Crippen LogP contribution >= 0.6 is 0 Å². The lowest BCUT2D eigenvalue weighted by atomic mass is 10.0. The van der Waals surface area contributed by atoms with Crippen LogP contribution in [0.3, 0.4) is 0 Å². The van der Waals surface area contributed by atoms with E-state index < -0.39 is 0 Å². The molecule has 0 N–H and O–H groups in total. The van der Waals surface area contributed by atoms with Crippen LogP contribution < -0.4 is 9.47 Å². The van der Waals surface area contributed by atoms with Crippen molar-refractivity contribution in [2.45, 2.75) is 26.4 Å². The van der Waals surface area contributed by atoms with Crippen LogP contribution in [-0.4, -0.2) is 5.60 Å². The van der Waals surface area contributed by atoms with Crippen molar-refractivity contribution in [3.8, 4) is 34.1 Å². The number of rotatable bonds is 4. The Kier molecular flexibility index (Phi) is 4.66. The quantitative estimate of drug-likeness (QED) is 0.549. The van der Waals surface area contributed by atoms with E-state index in [4.69, 9.17) is 9.47 Å². The molecule has 0 aliphatic rings. The van der Waals surface area contributed by atoms with Crippen molar-refractivity contribution in [3.63, 3.8) is 0 Å². The van der Waals surface area contributed by atoms with E-state index in [1.807, 2.05) is 81.4 Å². The minimum atomic E-state index is -0.234. The summed E-state index contributed by atoms with van der Waals surface area (Å²) in [6.45, 7) is 6.03. The number of benzene rings is 3. The van der Waals surface area contributed by atoms with Gasteiger partial charge in [-0.3, -0.25) is 5.11 Å². The Morgan fingerprint density at radius 3 is 2.08 bits per heavy atom. The summed E-state index contributed by atoms with van der Waals surface area (Å²) in [5, 5.41) is 12.0. The monoisotopic (exact) mass is 333 g/mol. The average molecular weight is 333 g/mol. The Hall–Kier alpha value is -2.94. The second kappa shape index (κ2) is 6.89. The molecule has 3 nitrogen and oxygen atoms in total. The van der Waals surface area contributed by atoms with Crippen LogP contribution in [0.15, 0.2) is 72.8 Å². The molecule has 0 fully saturated rings. The standard InChI is InChI=1S/C22H21O3/c1-22(2,3)25-18-13-11-17(12-14-18)24-19-8-6-7-16(15-19)20-9-4-5-10-21(20)23/h4-15H,1-3H3. The van der Waals surface area contributed by atoms with Crippen LogP contribution in [0.2, 0.25) is 0 Å². The molecule has 0 saturated heterocycles. The van der Waals surface area contributed by atoms with Crippen molar-refractivity contribution in [1.82, 2.24) is 0 Å². The van der Waals surface area contributed by atoms with Crippen LogP contribution in [0.4, 0.5) is 0 Å².